The van der Waals surface area contributed by atoms with Crippen molar-refractivity contribution in [3.63, 3.8) is 0 Å². The molecule has 1 atom stereocenters. The van der Waals surface area contributed by atoms with Gasteiger partial charge in [-0.05, 0) is 31.0 Å². The van der Waals surface area contributed by atoms with E-state index < -0.39 is 0 Å². The number of nitrogens with zero attached hydrogens (tertiary/aromatic N) is 4. The zero-order valence-corrected chi connectivity index (χ0v) is 16.9. The topological polar surface area (TPSA) is 78.7 Å². The van der Waals surface area contributed by atoms with Crippen molar-refractivity contribution in [2.24, 2.45) is 7.05 Å². The number of carbonyl (C=O) groups excluding carboxylic acids is 1. The number of benzene rings is 1. The van der Waals surface area contributed by atoms with Gasteiger partial charge in [0.15, 0.2) is 5.13 Å². The van der Waals surface area contributed by atoms with Gasteiger partial charge in [0.2, 0.25) is 0 Å². The second-order valence-electron chi connectivity index (χ2n) is 6.54. The Morgan fingerprint density at radius 3 is 2.75 bits per heavy atom. The first kappa shape index (κ1) is 18.7. The first-order valence-corrected chi connectivity index (χ1v) is 9.87. The van der Waals surface area contributed by atoms with Crippen molar-refractivity contribution in [1.82, 2.24) is 14.8 Å². The smallest absolute Gasteiger partial charge is 0.278 e. The molecule has 3 heterocycles. The van der Waals surface area contributed by atoms with Gasteiger partial charge in [0.25, 0.3) is 5.91 Å². The summed E-state index contributed by atoms with van der Waals surface area (Å²) in [5, 5.41) is 4.71. The second-order valence-corrected chi connectivity index (χ2v) is 7.51. The Bertz CT molecular complexity index is 952. The molecule has 1 amide bonds. The van der Waals surface area contributed by atoms with Gasteiger partial charge in [0.1, 0.15) is 27.4 Å². The molecule has 3 aromatic rings. The van der Waals surface area contributed by atoms with Crippen molar-refractivity contribution in [2.75, 3.05) is 32.3 Å². The van der Waals surface area contributed by atoms with E-state index in [2.05, 4.69) is 5.10 Å². The van der Waals surface area contributed by atoms with E-state index in [0.717, 1.165) is 24.1 Å². The lowest BCUT2D eigenvalue weighted by Gasteiger charge is -2.23. The monoisotopic (exact) mass is 402 g/mol. The number of methoxy groups -OCH3 is 2. The molecule has 0 spiro atoms. The van der Waals surface area contributed by atoms with Gasteiger partial charge in [-0.2, -0.15) is 5.10 Å². The maximum atomic E-state index is 13.3. The summed E-state index contributed by atoms with van der Waals surface area (Å²) in [6, 6.07) is 5.37. The normalized spacial score (nSPS) is 16.5. The largest absolute Gasteiger partial charge is 0.495 e. The van der Waals surface area contributed by atoms with Gasteiger partial charge in [-0.25, -0.2) is 4.98 Å². The molecule has 0 N–H and O–H groups in total. The number of carbonyl (C=O) groups is 1. The van der Waals surface area contributed by atoms with Crippen LogP contribution < -0.4 is 14.4 Å². The third kappa shape index (κ3) is 3.31. The van der Waals surface area contributed by atoms with Crippen LogP contribution in [0.2, 0.25) is 0 Å². The minimum atomic E-state index is -0.160. The highest BCUT2D eigenvalue weighted by Crippen LogP contribution is 2.40. The molecule has 4 rings (SSSR count). The lowest BCUT2D eigenvalue weighted by Crippen LogP contribution is -2.38. The molecule has 1 aliphatic rings. The zero-order valence-electron chi connectivity index (χ0n) is 16.0. The summed E-state index contributed by atoms with van der Waals surface area (Å²) in [6.45, 7) is 1.16. The Hall–Kier alpha value is -2.65. The average Bonchev–Trinajstić information content (AvgIpc) is 3.45. The number of rotatable bonds is 6. The molecule has 1 aromatic carbocycles. The van der Waals surface area contributed by atoms with Gasteiger partial charge >= 0.3 is 0 Å². The van der Waals surface area contributed by atoms with Gasteiger partial charge in [-0.3, -0.25) is 14.4 Å². The van der Waals surface area contributed by atoms with Crippen molar-refractivity contribution in [2.45, 2.75) is 18.9 Å². The average molecular weight is 402 g/mol. The van der Waals surface area contributed by atoms with Crippen LogP contribution >= 0.6 is 11.3 Å². The Morgan fingerprint density at radius 1 is 1.32 bits per heavy atom. The molecule has 0 bridgehead atoms. The molecule has 0 radical (unpaired) electrons. The van der Waals surface area contributed by atoms with E-state index in [1.165, 1.54) is 11.3 Å². The fraction of sp³-hybridized carbons (Fsp3) is 0.421. The summed E-state index contributed by atoms with van der Waals surface area (Å²) in [5.74, 6) is 1.18. The van der Waals surface area contributed by atoms with E-state index in [9.17, 15) is 4.79 Å². The summed E-state index contributed by atoms with van der Waals surface area (Å²) in [6.07, 6.45) is 3.53. The zero-order chi connectivity index (χ0) is 19.7. The molecule has 1 aliphatic heterocycles. The van der Waals surface area contributed by atoms with Gasteiger partial charge < -0.3 is 14.2 Å². The van der Waals surface area contributed by atoms with Crippen molar-refractivity contribution in [3.8, 4) is 11.5 Å². The van der Waals surface area contributed by atoms with Crippen LogP contribution in [0.15, 0.2) is 24.4 Å². The molecule has 9 heteroatoms. The molecule has 0 saturated carbocycles. The standard InChI is InChI=1S/C19H22N4O4S/c1-22-13(8-9-20-22)18(24)23(11-12-5-4-10-27-12)19-21-16-14(25-2)6-7-15(26-3)17(16)28-19/h6-9,12H,4-5,10-11H2,1-3H3. The molecule has 1 saturated heterocycles. The minimum Gasteiger partial charge on any atom is -0.495 e. The van der Waals surface area contributed by atoms with E-state index >= 15 is 0 Å². The third-order valence-corrected chi connectivity index (χ3v) is 5.92. The van der Waals surface area contributed by atoms with Gasteiger partial charge in [0, 0.05) is 19.9 Å². The van der Waals surface area contributed by atoms with E-state index in [1.54, 1.807) is 43.1 Å². The van der Waals surface area contributed by atoms with Gasteiger partial charge in [-0.1, -0.05) is 11.3 Å². The SMILES string of the molecule is COc1ccc(OC)c2sc(N(CC3CCCO3)C(=O)c3ccnn3C)nc12. The van der Waals surface area contributed by atoms with Crippen LogP contribution in [0.4, 0.5) is 5.13 Å². The number of hydrogen-bond acceptors (Lipinski definition) is 7. The number of aryl methyl sites for hydroxylation is 1. The van der Waals surface area contributed by atoms with Crippen molar-refractivity contribution in [3.05, 3.63) is 30.1 Å². The summed E-state index contributed by atoms with van der Waals surface area (Å²) >= 11 is 1.40. The fourth-order valence-electron chi connectivity index (χ4n) is 3.35. The number of ether oxygens (including phenoxy) is 3. The summed E-state index contributed by atoms with van der Waals surface area (Å²) < 4.78 is 19.1. The Morgan fingerprint density at radius 2 is 2.11 bits per heavy atom. The lowest BCUT2D eigenvalue weighted by atomic mass is 10.2. The quantitative estimate of drug-likeness (QED) is 0.631. The van der Waals surface area contributed by atoms with E-state index in [-0.39, 0.29) is 12.0 Å². The van der Waals surface area contributed by atoms with Crippen molar-refractivity contribution in [1.29, 1.82) is 0 Å². The van der Waals surface area contributed by atoms with E-state index in [4.69, 9.17) is 19.2 Å². The van der Waals surface area contributed by atoms with Crippen LogP contribution in [0.1, 0.15) is 23.3 Å². The van der Waals surface area contributed by atoms with E-state index in [0.29, 0.717) is 34.4 Å². The maximum absolute atomic E-state index is 13.3. The summed E-state index contributed by atoms with van der Waals surface area (Å²) in [7, 11) is 4.97. The number of thiazole rings is 1. The predicted molar refractivity (Wildman–Crippen MR) is 107 cm³/mol. The molecule has 148 valence electrons. The summed E-state index contributed by atoms with van der Waals surface area (Å²) in [4.78, 5) is 19.7. The van der Waals surface area contributed by atoms with Crippen molar-refractivity contribution < 1.29 is 19.0 Å². The number of amides is 1. The Kier molecular flexibility index (Phi) is 5.19. The van der Waals surface area contributed by atoms with Crippen LogP contribution in [0.5, 0.6) is 11.5 Å². The molecule has 0 aliphatic carbocycles. The second kappa shape index (κ2) is 7.76. The maximum Gasteiger partial charge on any atom is 0.278 e. The highest BCUT2D eigenvalue weighted by atomic mass is 32.1. The number of hydrogen-bond donors (Lipinski definition) is 0. The third-order valence-electron chi connectivity index (χ3n) is 4.83. The fourth-order valence-corrected chi connectivity index (χ4v) is 4.43. The number of aromatic nitrogens is 3. The highest BCUT2D eigenvalue weighted by Gasteiger charge is 2.29. The molecule has 28 heavy (non-hydrogen) atoms. The number of fused-ring (bicyclic) bond motifs is 1. The van der Waals surface area contributed by atoms with Crippen LogP contribution in [0, 0.1) is 0 Å². The highest BCUT2D eigenvalue weighted by molar-refractivity contribution is 7.22. The minimum absolute atomic E-state index is 0.00650. The van der Waals surface area contributed by atoms with Crippen LogP contribution in [0.25, 0.3) is 10.2 Å². The van der Waals surface area contributed by atoms with Crippen LogP contribution in [-0.2, 0) is 11.8 Å². The van der Waals surface area contributed by atoms with Crippen LogP contribution in [-0.4, -0.2) is 54.1 Å². The lowest BCUT2D eigenvalue weighted by molar-refractivity contribution is 0.0909. The van der Waals surface area contributed by atoms with Crippen molar-refractivity contribution >= 4 is 32.6 Å². The molecular weight excluding hydrogens is 380 g/mol. The molecule has 1 fully saturated rings. The Labute approximate surface area is 166 Å². The molecule has 2 aromatic heterocycles. The van der Waals surface area contributed by atoms with Gasteiger partial charge in [0.05, 0.1) is 26.9 Å². The molecular formula is C19H22N4O4S. The first-order chi connectivity index (χ1) is 13.6. The number of anilines is 1. The summed E-state index contributed by atoms with van der Waals surface area (Å²) in [5.41, 5.74) is 1.17. The predicted octanol–water partition coefficient (Wildman–Crippen LogP) is 2.87. The van der Waals surface area contributed by atoms with Crippen LogP contribution in [0.3, 0.4) is 0 Å². The molecule has 8 nitrogen and oxygen atoms in total. The Balaban J connectivity index is 1.79. The van der Waals surface area contributed by atoms with Gasteiger partial charge in [-0.15, -0.1) is 0 Å². The van der Waals surface area contributed by atoms with E-state index in [1.807, 2.05) is 12.1 Å². The first-order valence-electron chi connectivity index (χ1n) is 9.05. The molecule has 1 unspecified atom stereocenters.